The summed E-state index contributed by atoms with van der Waals surface area (Å²) in [6.07, 6.45) is -3.55. The van der Waals surface area contributed by atoms with E-state index in [2.05, 4.69) is 10.2 Å². The molecule has 1 aromatic carbocycles. The number of hydrogen-bond acceptors (Lipinski definition) is 3. The molecule has 0 saturated carbocycles. The van der Waals surface area contributed by atoms with Crippen LogP contribution in [0.5, 0.6) is 5.75 Å². The van der Waals surface area contributed by atoms with Crippen molar-refractivity contribution in [1.29, 1.82) is 0 Å². The summed E-state index contributed by atoms with van der Waals surface area (Å²) in [4.78, 5) is 2.17. The highest BCUT2D eigenvalue weighted by Gasteiger charge is 2.38. The highest BCUT2D eigenvalue weighted by atomic mass is 19.4. The summed E-state index contributed by atoms with van der Waals surface area (Å²) in [5.74, 6) is 0.381. The van der Waals surface area contributed by atoms with Crippen molar-refractivity contribution in [1.82, 2.24) is 10.2 Å². The van der Waals surface area contributed by atoms with Crippen molar-refractivity contribution >= 4 is 0 Å². The van der Waals surface area contributed by atoms with E-state index in [0.717, 1.165) is 38.7 Å². The lowest BCUT2D eigenvalue weighted by Gasteiger charge is -2.39. The van der Waals surface area contributed by atoms with Gasteiger partial charge in [-0.2, -0.15) is 13.2 Å². The molecule has 1 N–H and O–H groups in total. The summed E-state index contributed by atoms with van der Waals surface area (Å²) < 4.78 is 45.7. The highest BCUT2D eigenvalue weighted by Crippen LogP contribution is 2.41. The van der Waals surface area contributed by atoms with Crippen molar-refractivity contribution in [3.05, 3.63) is 29.3 Å². The van der Waals surface area contributed by atoms with Gasteiger partial charge in [-0.15, -0.1) is 0 Å². The van der Waals surface area contributed by atoms with Gasteiger partial charge < -0.3 is 10.1 Å². The van der Waals surface area contributed by atoms with Crippen LogP contribution in [0, 0.1) is 5.92 Å². The van der Waals surface area contributed by atoms with Gasteiger partial charge in [0.15, 0.2) is 0 Å². The number of benzene rings is 1. The number of ether oxygens (including phenoxy) is 1. The zero-order valence-corrected chi connectivity index (χ0v) is 13.9. The number of alkyl halides is 3. The van der Waals surface area contributed by atoms with Crippen LogP contribution < -0.4 is 10.1 Å². The van der Waals surface area contributed by atoms with E-state index in [1.165, 1.54) is 7.11 Å². The summed E-state index contributed by atoms with van der Waals surface area (Å²) in [6.45, 7) is 7.19. The highest BCUT2D eigenvalue weighted by molar-refractivity contribution is 5.39. The second kappa shape index (κ2) is 7.53. The molecule has 6 heteroatoms. The first-order chi connectivity index (χ1) is 10.9. The Labute approximate surface area is 135 Å². The van der Waals surface area contributed by atoms with E-state index in [1.807, 2.05) is 13.8 Å². The van der Waals surface area contributed by atoms with E-state index in [-0.39, 0.29) is 17.7 Å². The van der Waals surface area contributed by atoms with Crippen molar-refractivity contribution in [2.45, 2.75) is 32.5 Å². The van der Waals surface area contributed by atoms with Gasteiger partial charge >= 0.3 is 6.18 Å². The molecule has 130 valence electrons. The number of piperazine rings is 1. The van der Waals surface area contributed by atoms with Crippen LogP contribution >= 0.6 is 0 Å². The predicted molar refractivity (Wildman–Crippen MR) is 84.6 cm³/mol. The number of hydrogen-bond donors (Lipinski definition) is 1. The molecular formula is C17H25F3N2O. The van der Waals surface area contributed by atoms with Crippen LogP contribution in [-0.4, -0.2) is 38.2 Å². The third-order valence-corrected chi connectivity index (χ3v) is 4.61. The van der Waals surface area contributed by atoms with Gasteiger partial charge in [-0.25, -0.2) is 0 Å². The Morgan fingerprint density at radius 3 is 2.43 bits per heavy atom. The van der Waals surface area contributed by atoms with E-state index in [1.54, 1.807) is 12.1 Å². The molecule has 2 rings (SSSR count). The minimum Gasteiger partial charge on any atom is -0.497 e. The Kier molecular flexibility index (Phi) is 5.92. The Balaban J connectivity index is 2.48. The van der Waals surface area contributed by atoms with Crippen molar-refractivity contribution in [3.8, 4) is 5.75 Å². The Hall–Kier alpha value is -1.27. The third kappa shape index (κ3) is 4.18. The van der Waals surface area contributed by atoms with Gasteiger partial charge in [0.25, 0.3) is 0 Å². The van der Waals surface area contributed by atoms with Gasteiger partial charge in [0, 0.05) is 32.2 Å². The second-order valence-corrected chi connectivity index (χ2v) is 6.07. The van der Waals surface area contributed by atoms with E-state index in [9.17, 15) is 13.2 Å². The average Bonchev–Trinajstić information content (AvgIpc) is 2.55. The molecule has 1 aliphatic heterocycles. The molecule has 1 unspecified atom stereocenters. The Bertz CT molecular complexity index is 513. The lowest BCUT2D eigenvalue weighted by Crippen LogP contribution is -2.47. The van der Waals surface area contributed by atoms with Crippen LogP contribution in [-0.2, 0) is 6.18 Å². The van der Waals surface area contributed by atoms with Crippen molar-refractivity contribution in [2.24, 2.45) is 5.92 Å². The molecule has 0 amide bonds. The SMILES string of the molecule is CCC(C)[C@@H](c1ccc(OC)cc1C(F)(F)F)N1CCNCC1. The fourth-order valence-electron chi connectivity index (χ4n) is 3.21. The van der Waals surface area contributed by atoms with Crippen LogP contribution in [0.25, 0.3) is 0 Å². The number of nitrogens with one attached hydrogen (secondary N) is 1. The minimum atomic E-state index is -4.39. The fraction of sp³-hybridized carbons (Fsp3) is 0.647. The normalized spacial score (nSPS) is 19.4. The van der Waals surface area contributed by atoms with Crippen LogP contribution in [0.3, 0.4) is 0 Å². The van der Waals surface area contributed by atoms with Gasteiger partial charge in [-0.1, -0.05) is 26.3 Å². The molecule has 3 nitrogen and oxygen atoms in total. The minimum absolute atomic E-state index is 0.141. The molecule has 0 aromatic heterocycles. The molecule has 0 aliphatic carbocycles. The molecule has 1 saturated heterocycles. The van der Waals surface area contributed by atoms with Crippen LogP contribution in [0.2, 0.25) is 0 Å². The van der Waals surface area contributed by atoms with Crippen molar-refractivity contribution in [2.75, 3.05) is 33.3 Å². The van der Waals surface area contributed by atoms with Crippen molar-refractivity contribution in [3.63, 3.8) is 0 Å². The number of nitrogens with zero attached hydrogens (tertiary/aromatic N) is 1. The lowest BCUT2D eigenvalue weighted by molar-refractivity contribution is -0.139. The average molecular weight is 330 g/mol. The summed E-state index contributed by atoms with van der Waals surface area (Å²) in [6, 6.07) is 4.10. The Morgan fingerprint density at radius 2 is 1.91 bits per heavy atom. The van der Waals surface area contributed by atoms with Crippen LogP contribution in [0.1, 0.15) is 37.4 Å². The van der Waals surface area contributed by atoms with E-state index >= 15 is 0 Å². The van der Waals surface area contributed by atoms with E-state index < -0.39 is 11.7 Å². The first-order valence-corrected chi connectivity index (χ1v) is 8.08. The summed E-state index contributed by atoms with van der Waals surface area (Å²) in [7, 11) is 1.39. The molecule has 0 spiro atoms. The molecule has 1 aliphatic rings. The monoisotopic (exact) mass is 330 g/mol. The molecule has 0 radical (unpaired) electrons. The van der Waals surface area contributed by atoms with Gasteiger partial charge in [0.05, 0.1) is 12.7 Å². The standard InChI is InChI=1S/C17H25F3N2O/c1-4-12(2)16(22-9-7-21-8-10-22)14-6-5-13(23-3)11-15(14)17(18,19)20/h5-6,11-12,16,21H,4,7-10H2,1-3H3/t12?,16-/m0/s1. The quantitative estimate of drug-likeness (QED) is 0.891. The van der Waals surface area contributed by atoms with Gasteiger partial charge in [0.1, 0.15) is 5.75 Å². The van der Waals surface area contributed by atoms with Gasteiger partial charge in [-0.3, -0.25) is 4.90 Å². The van der Waals surface area contributed by atoms with Crippen molar-refractivity contribution < 1.29 is 17.9 Å². The zero-order chi connectivity index (χ0) is 17.0. The molecule has 23 heavy (non-hydrogen) atoms. The topological polar surface area (TPSA) is 24.5 Å². The Morgan fingerprint density at radius 1 is 1.26 bits per heavy atom. The number of rotatable bonds is 5. The molecule has 1 heterocycles. The fourth-order valence-corrected chi connectivity index (χ4v) is 3.21. The first kappa shape index (κ1) is 18.1. The maximum atomic E-state index is 13.6. The molecule has 1 fully saturated rings. The number of halogens is 3. The smallest absolute Gasteiger partial charge is 0.416 e. The second-order valence-electron chi connectivity index (χ2n) is 6.07. The molecule has 0 bridgehead atoms. The lowest BCUT2D eigenvalue weighted by atomic mass is 9.87. The van der Waals surface area contributed by atoms with E-state index in [4.69, 9.17) is 4.74 Å². The summed E-state index contributed by atoms with van der Waals surface area (Å²) in [5, 5.41) is 3.26. The molecular weight excluding hydrogens is 305 g/mol. The van der Waals surface area contributed by atoms with Gasteiger partial charge in [-0.05, 0) is 23.6 Å². The molecule has 1 aromatic rings. The van der Waals surface area contributed by atoms with E-state index in [0.29, 0.717) is 5.56 Å². The van der Waals surface area contributed by atoms with Gasteiger partial charge in [0.2, 0.25) is 0 Å². The maximum Gasteiger partial charge on any atom is 0.416 e. The number of methoxy groups -OCH3 is 1. The molecule has 2 atom stereocenters. The van der Waals surface area contributed by atoms with Crippen LogP contribution in [0.4, 0.5) is 13.2 Å². The third-order valence-electron chi connectivity index (χ3n) is 4.61. The largest absolute Gasteiger partial charge is 0.497 e. The van der Waals surface area contributed by atoms with Crippen LogP contribution in [0.15, 0.2) is 18.2 Å². The zero-order valence-electron chi connectivity index (χ0n) is 13.9. The first-order valence-electron chi connectivity index (χ1n) is 8.08. The summed E-state index contributed by atoms with van der Waals surface area (Å²) >= 11 is 0. The maximum absolute atomic E-state index is 13.6. The summed E-state index contributed by atoms with van der Waals surface area (Å²) in [5.41, 5.74) is -0.227. The predicted octanol–water partition coefficient (Wildman–Crippen LogP) is 3.71.